The molecule has 28 heavy (non-hydrogen) atoms. The van der Waals surface area contributed by atoms with E-state index in [1.54, 1.807) is 36.4 Å². The van der Waals surface area contributed by atoms with Crippen LogP contribution < -0.4 is 15.4 Å². The van der Waals surface area contributed by atoms with Crippen LogP contribution in [0.2, 0.25) is 0 Å². The van der Waals surface area contributed by atoms with Crippen molar-refractivity contribution >= 4 is 17.5 Å². The van der Waals surface area contributed by atoms with Gasteiger partial charge in [-0.3, -0.25) is 9.59 Å². The molecule has 0 aliphatic carbocycles. The third-order valence-electron chi connectivity index (χ3n) is 3.72. The Morgan fingerprint density at radius 2 is 1.57 bits per heavy atom. The molecule has 3 rings (SSSR count). The van der Waals surface area contributed by atoms with Gasteiger partial charge in [0, 0.05) is 5.56 Å². The number of hydrogen-bond donors (Lipinski definition) is 2. The smallest absolute Gasteiger partial charge is 0.251 e. The van der Waals surface area contributed by atoms with Gasteiger partial charge in [-0.2, -0.15) is 0 Å². The Morgan fingerprint density at radius 1 is 0.857 bits per heavy atom. The molecule has 142 valence electrons. The summed E-state index contributed by atoms with van der Waals surface area (Å²) in [6.45, 7) is -0.350. The average molecular weight is 382 g/mol. The lowest BCUT2D eigenvalue weighted by Crippen LogP contribution is -2.33. The highest BCUT2D eigenvalue weighted by molar-refractivity contribution is 5.99. The van der Waals surface area contributed by atoms with E-state index in [0.29, 0.717) is 17.2 Å². The van der Waals surface area contributed by atoms with E-state index in [2.05, 4.69) is 10.6 Å². The van der Waals surface area contributed by atoms with Crippen LogP contribution in [0, 0.1) is 11.6 Å². The van der Waals surface area contributed by atoms with E-state index in [4.69, 9.17) is 4.74 Å². The number of carbonyl (C=O) groups excluding carboxylic acids is 2. The van der Waals surface area contributed by atoms with E-state index in [1.165, 1.54) is 0 Å². The van der Waals surface area contributed by atoms with Crippen LogP contribution in [0.3, 0.4) is 0 Å². The number of benzene rings is 3. The Bertz CT molecular complexity index is 994. The normalized spacial score (nSPS) is 10.2. The van der Waals surface area contributed by atoms with Crippen LogP contribution in [0.25, 0.3) is 0 Å². The second-order valence-electron chi connectivity index (χ2n) is 5.77. The molecule has 0 spiro atoms. The molecule has 0 radical (unpaired) electrons. The van der Waals surface area contributed by atoms with E-state index < -0.39 is 23.4 Å². The minimum Gasteiger partial charge on any atom is -0.455 e. The molecule has 3 aromatic carbocycles. The molecule has 0 atom stereocenters. The summed E-state index contributed by atoms with van der Waals surface area (Å²) in [5, 5.41) is 5.00. The van der Waals surface area contributed by atoms with Gasteiger partial charge in [0.05, 0.1) is 12.2 Å². The van der Waals surface area contributed by atoms with Crippen molar-refractivity contribution in [2.75, 3.05) is 11.9 Å². The summed E-state index contributed by atoms with van der Waals surface area (Å²) in [6, 6.07) is 18.7. The summed E-state index contributed by atoms with van der Waals surface area (Å²) in [4.78, 5) is 24.1. The number of halogens is 2. The maximum absolute atomic E-state index is 13.2. The second-order valence-corrected chi connectivity index (χ2v) is 5.77. The van der Waals surface area contributed by atoms with Crippen LogP contribution >= 0.6 is 0 Å². The van der Waals surface area contributed by atoms with Gasteiger partial charge in [0.25, 0.3) is 5.91 Å². The van der Waals surface area contributed by atoms with Gasteiger partial charge < -0.3 is 15.4 Å². The number of rotatable bonds is 6. The summed E-state index contributed by atoms with van der Waals surface area (Å²) in [6.07, 6.45) is 0. The van der Waals surface area contributed by atoms with Gasteiger partial charge in [-0.15, -0.1) is 0 Å². The molecule has 0 heterocycles. The van der Waals surface area contributed by atoms with E-state index in [1.807, 2.05) is 18.2 Å². The number of hydrogen-bond acceptors (Lipinski definition) is 3. The predicted octanol–water partition coefficient (Wildman–Crippen LogP) is 4.13. The third kappa shape index (κ3) is 4.91. The highest BCUT2D eigenvalue weighted by Gasteiger charge is 2.12. The quantitative estimate of drug-likeness (QED) is 0.674. The van der Waals surface area contributed by atoms with Crippen molar-refractivity contribution in [3.05, 3.63) is 90.0 Å². The zero-order valence-electron chi connectivity index (χ0n) is 14.6. The molecule has 0 saturated carbocycles. The molecule has 2 amide bonds. The van der Waals surface area contributed by atoms with E-state index in [-0.39, 0.29) is 12.1 Å². The topological polar surface area (TPSA) is 67.4 Å². The fourth-order valence-electron chi connectivity index (χ4n) is 2.37. The monoisotopic (exact) mass is 382 g/mol. The maximum atomic E-state index is 13.2. The van der Waals surface area contributed by atoms with Gasteiger partial charge >= 0.3 is 0 Å². The first kappa shape index (κ1) is 19.0. The summed E-state index contributed by atoms with van der Waals surface area (Å²) in [5.74, 6) is -2.33. The lowest BCUT2D eigenvalue weighted by molar-refractivity contribution is -0.115. The Hall–Kier alpha value is -3.74. The molecule has 5 nitrogen and oxygen atoms in total. The molecule has 0 aliphatic heterocycles. The third-order valence-corrected chi connectivity index (χ3v) is 3.72. The van der Waals surface area contributed by atoms with Crippen LogP contribution in [0.5, 0.6) is 11.5 Å². The lowest BCUT2D eigenvalue weighted by atomic mass is 10.2. The van der Waals surface area contributed by atoms with Crippen molar-refractivity contribution in [3.8, 4) is 11.5 Å². The largest absolute Gasteiger partial charge is 0.455 e. The van der Waals surface area contributed by atoms with Crippen molar-refractivity contribution in [1.82, 2.24) is 5.32 Å². The van der Waals surface area contributed by atoms with Gasteiger partial charge in [-0.05, 0) is 42.5 Å². The van der Waals surface area contributed by atoms with Gasteiger partial charge in [-0.25, -0.2) is 8.78 Å². The number of amides is 2. The fraction of sp³-hybridized carbons (Fsp3) is 0.0476. The number of para-hydroxylation sites is 3. The second kappa shape index (κ2) is 8.77. The molecule has 0 aliphatic rings. The number of ether oxygens (including phenoxy) is 1. The highest BCUT2D eigenvalue weighted by Crippen LogP contribution is 2.28. The Labute approximate surface area is 160 Å². The summed E-state index contributed by atoms with van der Waals surface area (Å²) in [5.41, 5.74) is 0.345. The Morgan fingerprint density at radius 3 is 2.32 bits per heavy atom. The van der Waals surface area contributed by atoms with Gasteiger partial charge in [-0.1, -0.05) is 30.3 Å². The molecular formula is C21H16F2N2O3. The minimum absolute atomic E-state index is 0.0838. The SMILES string of the molecule is O=C(CNC(=O)c1ccc(F)c(F)c1)Nc1ccccc1Oc1ccccc1. The molecule has 0 fully saturated rings. The van der Waals surface area contributed by atoms with Gasteiger partial charge in [0.1, 0.15) is 5.75 Å². The highest BCUT2D eigenvalue weighted by atomic mass is 19.2. The number of anilines is 1. The maximum Gasteiger partial charge on any atom is 0.251 e. The van der Waals surface area contributed by atoms with Crippen LogP contribution in [0.4, 0.5) is 14.5 Å². The molecule has 0 unspecified atom stereocenters. The summed E-state index contributed by atoms with van der Waals surface area (Å²) in [7, 11) is 0. The first-order valence-electron chi connectivity index (χ1n) is 8.38. The van der Waals surface area contributed by atoms with Crippen molar-refractivity contribution in [2.24, 2.45) is 0 Å². The molecule has 0 saturated heterocycles. The van der Waals surface area contributed by atoms with E-state index >= 15 is 0 Å². The van der Waals surface area contributed by atoms with E-state index in [0.717, 1.165) is 18.2 Å². The first-order valence-corrected chi connectivity index (χ1v) is 8.38. The zero-order valence-corrected chi connectivity index (χ0v) is 14.6. The van der Waals surface area contributed by atoms with Crippen molar-refractivity contribution in [2.45, 2.75) is 0 Å². The van der Waals surface area contributed by atoms with E-state index in [9.17, 15) is 18.4 Å². The molecule has 2 N–H and O–H groups in total. The van der Waals surface area contributed by atoms with Crippen LogP contribution in [0.15, 0.2) is 72.8 Å². The summed E-state index contributed by atoms with van der Waals surface area (Å²) < 4.78 is 31.9. The zero-order chi connectivity index (χ0) is 19.9. The van der Waals surface area contributed by atoms with Gasteiger partial charge in [0.2, 0.25) is 5.91 Å². The average Bonchev–Trinajstić information content (AvgIpc) is 2.70. The predicted molar refractivity (Wildman–Crippen MR) is 100 cm³/mol. The number of carbonyl (C=O) groups is 2. The fourth-order valence-corrected chi connectivity index (χ4v) is 2.37. The Balaban J connectivity index is 1.60. The minimum atomic E-state index is -1.14. The molecule has 3 aromatic rings. The van der Waals surface area contributed by atoms with Crippen LogP contribution in [0.1, 0.15) is 10.4 Å². The summed E-state index contributed by atoms with van der Waals surface area (Å²) >= 11 is 0. The first-order chi connectivity index (χ1) is 13.5. The van der Waals surface area contributed by atoms with Gasteiger partial charge in [0.15, 0.2) is 17.4 Å². The van der Waals surface area contributed by atoms with Crippen molar-refractivity contribution in [3.63, 3.8) is 0 Å². The number of nitrogens with one attached hydrogen (secondary N) is 2. The standard InChI is InChI=1S/C21H16F2N2O3/c22-16-11-10-14(12-17(16)23)21(27)24-13-20(26)25-18-8-4-5-9-19(18)28-15-6-2-1-3-7-15/h1-12H,13H2,(H,24,27)(H,25,26). The van der Waals surface area contributed by atoms with Crippen molar-refractivity contribution < 1.29 is 23.1 Å². The molecule has 7 heteroatoms. The van der Waals surface area contributed by atoms with Crippen molar-refractivity contribution in [1.29, 1.82) is 0 Å². The molecule has 0 bridgehead atoms. The molecule has 0 aromatic heterocycles. The lowest BCUT2D eigenvalue weighted by Gasteiger charge is -2.12. The molecular weight excluding hydrogens is 366 g/mol. The Kier molecular flexibility index (Phi) is 5.96. The van der Waals surface area contributed by atoms with Crippen LogP contribution in [-0.2, 0) is 4.79 Å². The van der Waals surface area contributed by atoms with Crippen LogP contribution in [-0.4, -0.2) is 18.4 Å².